The van der Waals surface area contributed by atoms with Gasteiger partial charge in [-0.05, 0) is 31.4 Å². The number of aromatic hydroxyl groups is 1. The van der Waals surface area contributed by atoms with Crippen molar-refractivity contribution in [3.8, 4) is 5.75 Å². The lowest BCUT2D eigenvalue weighted by molar-refractivity contribution is -0.149. The number of cyclic esters (lactones) is 1. The zero-order valence-corrected chi connectivity index (χ0v) is 15.4. The Morgan fingerprint density at radius 3 is 2.38 bits per heavy atom. The van der Waals surface area contributed by atoms with Crippen LogP contribution >= 0.6 is 0 Å². The lowest BCUT2D eigenvalue weighted by atomic mass is 9.79. The Balaban J connectivity index is 0.00000243. The fourth-order valence-electron chi connectivity index (χ4n) is 4.10. The molecule has 1 N–H and O–H groups in total. The van der Waals surface area contributed by atoms with Gasteiger partial charge in [-0.15, -0.1) is 0 Å². The summed E-state index contributed by atoms with van der Waals surface area (Å²) in [6.07, 6.45) is 3.61. The molecule has 0 bridgehead atoms. The lowest BCUT2D eigenvalue weighted by Gasteiger charge is -2.36. The van der Waals surface area contributed by atoms with E-state index in [0.717, 1.165) is 64.1 Å². The topological polar surface area (TPSA) is 53.0 Å². The van der Waals surface area contributed by atoms with Crippen LogP contribution in [-0.2, 0) is 9.53 Å². The van der Waals surface area contributed by atoms with Crippen molar-refractivity contribution in [3.05, 3.63) is 24.3 Å². The average Bonchev–Trinajstić information content (AvgIpc) is 2.97. The van der Waals surface area contributed by atoms with E-state index in [1.165, 1.54) is 0 Å². The molecule has 0 amide bonds. The first-order valence-electron chi connectivity index (χ1n) is 9.54. The lowest BCUT2D eigenvalue weighted by Crippen LogP contribution is -2.47. The number of ether oxygens (including phenoxy) is 1. The van der Waals surface area contributed by atoms with Crippen molar-refractivity contribution in [3.63, 3.8) is 0 Å². The summed E-state index contributed by atoms with van der Waals surface area (Å²) in [4.78, 5) is 16.9. The molecule has 26 heavy (non-hydrogen) atoms. The van der Waals surface area contributed by atoms with Crippen LogP contribution in [0.1, 0.15) is 47.0 Å². The molecule has 2 aliphatic rings. The van der Waals surface area contributed by atoms with Crippen LogP contribution in [0, 0.1) is 5.41 Å². The first-order chi connectivity index (χ1) is 12.1. The number of piperazine rings is 1. The summed E-state index contributed by atoms with van der Waals surface area (Å²) in [7, 11) is 0. The predicted octanol–water partition coefficient (Wildman–Crippen LogP) is 3.66. The van der Waals surface area contributed by atoms with E-state index < -0.39 is 0 Å². The van der Waals surface area contributed by atoms with Crippen LogP contribution < -0.4 is 4.90 Å². The summed E-state index contributed by atoms with van der Waals surface area (Å²) in [6.45, 7) is 8.92. The molecule has 0 saturated carbocycles. The number of phenols is 1. The van der Waals surface area contributed by atoms with E-state index in [-0.39, 0.29) is 24.9 Å². The fourth-order valence-corrected chi connectivity index (χ4v) is 4.10. The van der Waals surface area contributed by atoms with Crippen LogP contribution in [0.25, 0.3) is 0 Å². The molecule has 146 valence electrons. The van der Waals surface area contributed by atoms with Crippen molar-refractivity contribution >= 4 is 11.7 Å². The largest absolute Gasteiger partial charge is 0.506 e. The molecule has 3 rings (SSSR count). The minimum atomic E-state index is -0.242. The Bertz CT molecular complexity index is 593. The highest BCUT2D eigenvalue weighted by molar-refractivity contribution is 5.78. The number of phenolic OH excluding ortho intramolecular Hbond substituents is 1. The monoisotopic (exact) mass is 362 g/mol. The van der Waals surface area contributed by atoms with Gasteiger partial charge >= 0.3 is 5.97 Å². The van der Waals surface area contributed by atoms with Gasteiger partial charge in [-0.2, -0.15) is 0 Å². The fraction of sp³-hybridized carbons (Fsp3) is 0.667. The summed E-state index contributed by atoms with van der Waals surface area (Å²) < 4.78 is 5.65. The zero-order chi connectivity index (χ0) is 17.9. The highest BCUT2D eigenvalue weighted by Gasteiger charge is 2.46. The Kier molecular flexibility index (Phi) is 6.93. The molecule has 5 nitrogen and oxygen atoms in total. The number of hydrogen-bond donors (Lipinski definition) is 1. The van der Waals surface area contributed by atoms with E-state index in [1.807, 2.05) is 18.2 Å². The third-order valence-electron chi connectivity index (χ3n) is 6.04. The highest BCUT2D eigenvalue weighted by atomic mass is 16.6. The van der Waals surface area contributed by atoms with Crippen molar-refractivity contribution in [2.45, 2.75) is 53.1 Å². The summed E-state index contributed by atoms with van der Waals surface area (Å²) in [5.74, 6) is 0.358. The average molecular weight is 363 g/mol. The number of hydrogen-bond acceptors (Lipinski definition) is 5. The van der Waals surface area contributed by atoms with E-state index in [4.69, 9.17) is 4.74 Å². The van der Waals surface area contributed by atoms with Crippen molar-refractivity contribution < 1.29 is 14.6 Å². The minimum Gasteiger partial charge on any atom is -0.506 e. The van der Waals surface area contributed by atoms with Crippen LogP contribution in [-0.4, -0.2) is 54.8 Å². The summed E-state index contributed by atoms with van der Waals surface area (Å²) in [5, 5.41) is 9.99. The van der Waals surface area contributed by atoms with Crippen molar-refractivity contribution in [2.75, 3.05) is 37.6 Å². The maximum atomic E-state index is 12.2. The number of benzene rings is 1. The second-order valence-electron chi connectivity index (χ2n) is 7.32. The van der Waals surface area contributed by atoms with Crippen LogP contribution in [0.5, 0.6) is 5.75 Å². The van der Waals surface area contributed by atoms with Crippen molar-refractivity contribution in [1.82, 2.24) is 4.90 Å². The van der Waals surface area contributed by atoms with Crippen molar-refractivity contribution in [2.24, 2.45) is 5.41 Å². The number of carbonyl (C=O) groups excluding carboxylic acids is 1. The van der Waals surface area contributed by atoms with Gasteiger partial charge in [0.1, 0.15) is 11.9 Å². The number of nitrogens with zero attached hydrogens (tertiary/aromatic N) is 2. The van der Waals surface area contributed by atoms with Gasteiger partial charge in [-0.1, -0.05) is 33.4 Å². The molecule has 1 aromatic rings. The van der Waals surface area contributed by atoms with Gasteiger partial charge in [0.15, 0.2) is 0 Å². The van der Waals surface area contributed by atoms with E-state index in [1.54, 1.807) is 6.07 Å². The first-order valence-corrected chi connectivity index (χ1v) is 9.54. The molecule has 0 radical (unpaired) electrons. The summed E-state index contributed by atoms with van der Waals surface area (Å²) >= 11 is 0. The Hall–Kier alpha value is -1.75. The van der Waals surface area contributed by atoms with E-state index >= 15 is 0 Å². The second-order valence-corrected chi connectivity index (χ2v) is 7.32. The number of rotatable bonds is 6. The van der Waals surface area contributed by atoms with Crippen LogP contribution in [0.15, 0.2) is 24.3 Å². The Morgan fingerprint density at radius 1 is 1.15 bits per heavy atom. The molecule has 1 unspecified atom stereocenters. The third-order valence-corrected chi connectivity index (χ3v) is 6.04. The van der Waals surface area contributed by atoms with Crippen LogP contribution in [0.2, 0.25) is 0 Å². The van der Waals surface area contributed by atoms with E-state index in [0.29, 0.717) is 5.75 Å². The SMILES string of the molecule is C.CCC1(CC)CC(CCN2CCN(c3ccccc3O)CC2)OC1=O. The molecule has 0 spiro atoms. The Morgan fingerprint density at radius 2 is 1.81 bits per heavy atom. The summed E-state index contributed by atoms with van der Waals surface area (Å²) in [6, 6.07) is 7.52. The maximum absolute atomic E-state index is 12.2. The number of para-hydroxylation sites is 2. The van der Waals surface area contributed by atoms with Crippen molar-refractivity contribution in [1.29, 1.82) is 0 Å². The van der Waals surface area contributed by atoms with E-state index in [9.17, 15) is 9.90 Å². The number of carbonyl (C=O) groups is 1. The molecule has 5 heteroatoms. The second kappa shape index (κ2) is 8.76. The molecular weight excluding hydrogens is 328 g/mol. The predicted molar refractivity (Wildman–Crippen MR) is 106 cm³/mol. The van der Waals surface area contributed by atoms with Crippen LogP contribution in [0.4, 0.5) is 5.69 Å². The molecule has 1 atom stereocenters. The third kappa shape index (κ3) is 4.14. The number of anilines is 1. The zero-order valence-electron chi connectivity index (χ0n) is 15.4. The molecule has 2 aliphatic heterocycles. The smallest absolute Gasteiger partial charge is 0.312 e. The maximum Gasteiger partial charge on any atom is 0.312 e. The molecule has 1 aromatic carbocycles. The van der Waals surface area contributed by atoms with Gasteiger partial charge in [0, 0.05) is 39.1 Å². The van der Waals surface area contributed by atoms with Gasteiger partial charge < -0.3 is 14.7 Å². The number of esters is 1. The van der Waals surface area contributed by atoms with Gasteiger partial charge in [-0.3, -0.25) is 9.69 Å². The first kappa shape index (κ1) is 20.6. The van der Waals surface area contributed by atoms with Gasteiger partial charge in [0.05, 0.1) is 11.1 Å². The van der Waals surface area contributed by atoms with Gasteiger partial charge in [0.2, 0.25) is 0 Å². The van der Waals surface area contributed by atoms with Gasteiger partial charge in [-0.25, -0.2) is 0 Å². The highest BCUT2D eigenvalue weighted by Crippen LogP contribution is 2.41. The van der Waals surface area contributed by atoms with Crippen LogP contribution in [0.3, 0.4) is 0 Å². The molecule has 2 saturated heterocycles. The molecule has 0 aromatic heterocycles. The quantitative estimate of drug-likeness (QED) is 0.783. The van der Waals surface area contributed by atoms with E-state index in [2.05, 4.69) is 23.6 Å². The molecular formula is C21H34N2O3. The standard InChI is InChI=1S/C20H30N2O3.CH4/c1-3-20(4-2)15-16(25-19(20)24)9-10-21-11-13-22(14-12-21)17-7-5-6-8-18(17)23;/h5-8,16,23H,3-4,9-15H2,1-2H3;1H4. The Labute approximate surface area is 157 Å². The van der Waals surface area contributed by atoms with Gasteiger partial charge in [0.25, 0.3) is 0 Å². The minimum absolute atomic E-state index is 0. The molecule has 2 heterocycles. The summed E-state index contributed by atoms with van der Waals surface area (Å²) in [5.41, 5.74) is 0.677. The normalized spacial score (nSPS) is 22.8. The molecule has 0 aliphatic carbocycles. The molecule has 2 fully saturated rings.